The lowest BCUT2D eigenvalue weighted by Gasteiger charge is -2.26. The number of carbonyl (C=O) groups excluding carboxylic acids is 2. The maximum absolute atomic E-state index is 13.0. The first-order chi connectivity index (χ1) is 15.8. The number of Topliss-reactive ketones (excluding diaryl/α,β-unsaturated/α-hetero) is 1. The molecule has 9 heteroatoms. The van der Waals surface area contributed by atoms with E-state index in [0.717, 1.165) is 43.2 Å². The van der Waals surface area contributed by atoms with Gasteiger partial charge in [0.2, 0.25) is 5.13 Å². The number of aromatic nitrogens is 2. The van der Waals surface area contributed by atoms with Crippen molar-refractivity contribution in [2.45, 2.75) is 26.2 Å². The number of ether oxygens (including phenoxy) is 2. The average molecular weight is 469 g/mol. The third kappa shape index (κ3) is 5.55. The number of amides is 1. The number of morpholine rings is 1. The number of benzene rings is 2. The van der Waals surface area contributed by atoms with Crippen LogP contribution in [0.2, 0.25) is 0 Å². The van der Waals surface area contributed by atoms with Crippen LogP contribution in [-0.2, 0) is 14.9 Å². The van der Waals surface area contributed by atoms with Crippen molar-refractivity contribution in [2.75, 3.05) is 44.8 Å². The molecule has 1 fully saturated rings. The Morgan fingerprint density at radius 3 is 2.52 bits per heavy atom. The second-order valence-electron chi connectivity index (χ2n) is 8.90. The molecule has 8 nitrogen and oxygen atoms in total. The zero-order chi connectivity index (χ0) is 23.4. The molecule has 1 amide bonds. The third-order valence-corrected chi connectivity index (χ3v) is 6.66. The summed E-state index contributed by atoms with van der Waals surface area (Å²) < 4.78 is 11.4. The zero-order valence-corrected chi connectivity index (χ0v) is 19.9. The maximum Gasteiger partial charge on any atom is 0.298 e. The summed E-state index contributed by atoms with van der Waals surface area (Å²) in [6.45, 7) is 10.7. The van der Waals surface area contributed by atoms with Crippen LogP contribution in [-0.4, -0.2) is 66.2 Å². The molecule has 0 aliphatic carbocycles. The first kappa shape index (κ1) is 23.3. The van der Waals surface area contributed by atoms with Gasteiger partial charge in [0, 0.05) is 36.0 Å². The summed E-state index contributed by atoms with van der Waals surface area (Å²) in [5.41, 5.74) is 0.141. The standard InChI is InChI=1S/C24H28N4O4S/c1-24(2,3)22-26-27-23(33-22)25-21(30)20(29)18-8-9-19(17-7-5-4-6-16(17)18)32-15-12-28-10-13-31-14-11-28/h4-9H,10-15H2,1-3H3,(H,25,27,30). The van der Waals surface area contributed by atoms with Gasteiger partial charge in [0.05, 0.1) is 13.2 Å². The molecule has 1 N–H and O–H groups in total. The lowest BCUT2D eigenvalue weighted by molar-refractivity contribution is -0.112. The fraction of sp³-hybridized carbons (Fsp3) is 0.417. The molecule has 0 unspecified atom stereocenters. The van der Waals surface area contributed by atoms with E-state index < -0.39 is 11.7 Å². The van der Waals surface area contributed by atoms with E-state index in [2.05, 4.69) is 20.4 Å². The normalized spacial score (nSPS) is 14.9. The van der Waals surface area contributed by atoms with Crippen molar-refractivity contribution >= 4 is 38.9 Å². The molecule has 1 aliphatic rings. The fourth-order valence-electron chi connectivity index (χ4n) is 3.56. The Balaban J connectivity index is 1.48. The van der Waals surface area contributed by atoms with E-state index in [-0.39, 0.29) is 5.41 Å². The van der Waals surface area contributed by atoms with E-state index in [1.807, 2.05) is 45.0 Å². The highest BCUT2D eigenvalue weighted by Gasteiger charge is 2.24. The second kappa shape index (κ2) is 9.94. The fourth-order valence-corrected chi connectivity index (χ4v) is 4.35. The van der Waals surface area contributed by atoms with Crippen LogP contribution in [0.3, 0.4) is 0 Å². The van der Waals surface area contributed by atoms with Crippen molar-refractivity contribution in [3.63, 3.8) is 0 Å². The van der Waals surface area contributed by atoms with Gasteiger partial charge in [-0.05, 0) is 17.5 Å². The van der Waals surface area contributed by atoms with E-state index in [0.29, 0.717) is 28.4 Å². The monoisotopic (exact) mass is 468 g/mol. The van der Waals surface area contributed by atoms with Crippen molar-refractivity contribution in [3.8, 4) is 5.75 Å². The number of ketones is 1. The van der Waals surface area contributed by atoms with Crippen LogP contribution >= 0.6 is 11.3 Å². The summed E-state index contributed by atoms with van der Waals surface area (Å²) in [7, 11) is 0. The minimum atomic E-state index is -0.738. The highest BCUT2D eigenvalue weighted by Crippen LogP contribution is 2.30. The molecule has 1 aliphatic heterocycles. The molecule has 0 radical (unpaired) electrons. The summed E-state index contributed by atoms with van der Waals surface area (Å²) in [6, 6.07) is 10.9. The number of rotatable bonds is 7. The molecule has 2 heterocycles. The van der Waals surface area contributed by atoms with Crippen molar-refractivity contribution in [1.29, 1.82) is 0 Å². The van der Waals surface area contributed by atoms with Crippen molar-refractivity contribution in [3.05, 3.63) is 47.0 Å². The van der Waals surface area contributed by atoms with Gasteiger partial charge in [-0.1, -0.05) is 56.4 Å². The molecule has 3 aromatic rings. The van der Waals surface area contributed by atoms with Crippen LogP contribution in [0, 0.1) is 0 Å². The Morgan fingerprint density at radius 2 is 1.82 bits per heavy atom. The Bertz CT molecular complexity index is 1150. The topological polar surface area (TPSA) is 93.7 Å². The predicted octanol–water partition coefficient (Wildman–Crippen LogP) is 3.52. The molecular weight excluding hydrogens is 440 g/mol. The molecular formula is C24H28N4O4S. The van der Waals surface area contributed by atoms with Crippen LogP contribution in [0.1, 0.15) is 36.1 Å². The second-order valence-corrected chi connectivity index (χ2v) is 9.88. The number of fused-ring (bicyclic) bond motifs is 1. The summed E-state index contributed by atoms with van der Waals surface area (Å²) in [6.07, 6.45) is 0. The quantitative estimate of drug-likeness (QED) is 0.419. The zero-order valence-electron chi connectivity index (χ0n) is 19.1. The third-order valence-electron chi connectivity index (χ3n) is 5.39. The lowest BCUT2D eigenvalue weighted by atomic mass is 9.98. The van der Waals surface area contributed by atoms with Crippen molar-refractivity contribution in [1.82, 2.24) is 15.1 Å². The largest absolute Gasteiger partial charge is 0.492 e. The SMILES string of the molecule is CC(C)(C)c1nnc(NC(=O)C(=O)c2ccc(OCCN3CCOCC3)c3ccccc23)s1. The molecule has 0 spiro atoms. The molecule has 0 atom stereocenters. The molecule has 33 heavy (non-hydrogen) atoms. The molecule has 0 bridgehead atoms. The summed E-state index contributed by atoms with van der Waals surface area (Å²) in [5.74, 6) is -0.675. The number of anilines is 1. The van der Waals surface area contributed by atoms with Gasteiger partial charge in [0.15, 0.2) is 0 Å². The van der Waals surface area contributed by atoms with E-state index in [1.54, 1.807) is 12.1 Å². The summed E-state index contributed by atoms with van der Waals surface area (Å²) >= 11 is 1.27. The van der Waals surface area contributed by atoms with Gasteiger partial charge in [-0.15, -0.1) is 10.2 Å². The van der Waals surface area contributed by atoms with Crippen LogP contribution in [0.4, 0.5) is 5.13 Å². The Labute approximate surface area is 196 Å². The number of hydrogen-bond donors (Lipinski definition) is 1. The lowest BCUT2D eigenvalue weighted by Crippen LogP contribution is -2.38. The van der Waals surface area contributed by atoms with Crippen LogP contribution in [0.25, 0.3) is 10.8 Å². The first-order valence-corrected chi connectivity index (χ1v) is 11.8. The van der Waals surface area contributed by atoms with Crippen LogP contribution < -0.4 is 10.1 Å². The Hall–Kier alpha value is -2.88. The van der Waals surface area contributed by atoms with E-state index >= 15 is 0 Å². The molecule has 1 saturated heterocycles. The Kier molecular flexibility index (Phi) is 7.02. The minimum Gasteiger partial charge on any atom is -0.492 e. The van der Waals surface area contributed by atoms with Gasteiger partial charge >= 0.3 is 0 Å². The van der Waals surface area contributed by atoms with Crippen LogP contribution in [0.5, 0.6) is 5.75 Å². The van der Waals surface area contributed by atoms with Crippen LogP contribution in [0.15, 0.2) is 36.4 Å². The van der Waals surface area contributed by atoms with Gasteiger partial charge < -0.3 is 9.47 Å². The van der Waals surface area contributed by atoms with E-state index in [4.69, 9.17) is 9.47 Å². The van der Waals surface area contributed by atoms with Gasteiger partial charge in [-0.3, -0.25) is 19.8 Å². The van der Waals surface area contributed by atoms with Gasteiger partial charge in [0.25, 0.3) is 11.7 Å². The highest BCUT2D eigenvalue weighted by atomic mass is 32.1. The average Bonchev–Trinajstić information content (AvgIpc) is 3.28. The minimum absolute atomic E-state index is 0.182. The number of hydrogen-bond acceptors (Lipinski definition) is 8. The first-order valence-electron chi connectivity index (χ1n) is 11.0. The van der Waals surface area contributed by atoms with Crippen molar-refractivity contribution < 1.29 is 19.1 Å². The number of nitrogens with zero attached hydrogens (tertiary/aromatic N) is 3. The summed E-state index contributed by atoms with van der Waals surface area (Å²) in [5, 5.41) is 13.3. The maximum atomic E-state index is 13.0. The predicted molar refractivity (Wildman–Crippen MR) is 128 cm³/mol. The highest BCUT2D eigenvalue weighted by molar-refractivity contribution is 7.15. The van der Waals surface area contributed by atoms with Gasteiger partial charge in [-0.2, -0.15) is 0 Å². The number of nitrogens with one attached hydrogen (secondary N) is 1. The van der Waals surface area contributed by atoms with Gasteiger partial charge in [-0.25, -0.2) is 0 Å². The molecule has 174 valence electrons. The summed E-state index contributed by atoms with van der Waals surface area (Å²) in [4.78, 5) is 28.0. The van der Waals surface area contributed by atoms with Gasteiger partial charge in [0.1, 0.15) is 17.4 Å². The number of carbonyl (C=O) groups is 2. The van der Waals surface area contributed by atoms with E-state index in [9.17, 15) is 9.59 Å². The molecule has 4 rings (SSSR count). The smallest absolute Gasteiger partial charge is 0.298 e. The molecule has 1 aromatic heterocycles. The Morgan fingerprint density at radius 1 is 1.09 bits per heavy atom. The van der Waals surface area contributed by atoms with E-state index in [1.165, 1.54) is 11.3 Å². The molecule has 0 saturated carbocycles. The molecule has 2 aromatic carbocycles. The van der Waals surface area contributed by atoms with Crippen molar-refractivity contribution in [2.24, 2.45) is 0 Å².